The molecule has 0 aromatic heterocycles. The van der Waals surface area contributed by atoms with Crippen LogP contribution in [-0.4, -0.2) is 37.8 Å². The first kappa shape index (κ1) is 12.4. The molecule has 0 aromatic rings. The van der Waals surface area contributed by atoms with Gasteiger partial charge in [-0.25, -0.2) is 0 Å². The molecule has 4 nitrogen and oxygen atoms in total. The van der Waals surface area contributed by atoms with Gasteiger partial charge in [0.2, 0.25) is 0 Å². The molecule has 0 bridgehead atoms. The van der Waals surface area contributed by atoms with Gasteiger partial charge >= 0.3 is 5.97 Å². The Kier molecular flexibility index (Phi) is 5.66. The minimum atomic E-state index is -0.733. The van der Waals surface area contributed by atoms with Crippen LogP contribution < -0.4 is 10.6 Å². The molecule has 0 saturated carbocycles. The number of likely N-dealkylation sites (N-methyl/N-ethyl adjacent to an activating group) is 1. The van der Waals surface area contributed by atoms with Crippen molar-refractivity contribution >= 4 is 5.97 Å². The van der Waals surface area contributed by atoms with Gasteiger partial charge < -0.3 is 15.7 Å². The van der Waals surface area contributed by atoms with E-state index in [1.807, 2.05) is 7.05 Å². The van der Waals surface area contributed by atoms with E-state index in [0.717, 1.165) is 19.6 Å². The summed E-state index contributed by atoms with van der Waals surface area (Å²) >= 11 is 0. The van der Waals surface area contributed by atoms with Crippen LogP contribution in [0.5, 0.6) is 0 Å². The smallest absolute Gasteiger partial charge is 0.309 e. The van der Waals surface area contributed by atoms with Crippen LogP contribution in [0.25, 0.3) is 0 Å². The molecule has 0 amide bonds. The van der Waals surface area contributed by atoms with E-state index in [0.29, 0.717) is 6.42 Å². The molecule has 78 valence electrons. The Hall–Kier alpha value is -0.610. The summed E-state index contributed by atoms with van der Waals surface area (Å²) < 4.78 is 0. The lowest BCUT2D eigenvalue weighted by Crippen LogP contribution is -2.31. The lowest BCUT2D eigenvalue weighted by atomic mass is 9.90. The summed E-state index contributed by atoms with van der Waals surface area (Å²) in [6.45, 7) is 6.03. The van der Waals surface area contributed by atoms with Crippen molar-refractivity contribution in [3.05, 3.63) is 0 Å². The zero-order valence-corrected chi connectivity index (χ0v) is 8.68. The molecule has 0 aliphatic heterocycles. The van der Waals surface area contributed by atoms with Crippen LogP contribution in [0.1, 0.15) is 20.3 Å². The molecule has 0 heterocycles. The van der Waals surface area contributed by atoms with Gasteiger partial charge in [-0.15, -0.1) is 0 Å². The monoisotopic (exact) mass is 188 g/mol. The van der Waals surface area contributed by atoms with Crippen LogP contribution in [-0.2, 0) is 4.79 Å². The fourth-order valence-electron chi connectivity index (χ4n) is 0.846. The van der Waals surface area contributed by atoms with Crippen LogP contribution >= 0.6 is 0 Å². The summed E-state index contributed by atoms with van der Waals surface area (Å²) in [6.07, 6.45) is 0.659. The predicted octanol–water partition coefficient (Wildman–Crippen LogP) is 0.296. The molecule has 4 heteroatoms. The average Bonchev–Trinajstić information content (AvgIpc) is 2.03. The van der Waals surface area contributed by atoms with Gasteiger partial charge in [0.1, 0.15) is 0 Å². The minimum Gasteiger partial charge on any atom is -0.481 e. The Morgan fingerprint density at radius 1 is 1.31 bits per heavy atom. The Morgan fingerprint density at radius 2 is 1.92 bits per heavy atom. The molecule has 0 saturated heterocycles. The third-order valence-electron chi connectivity index (χ3n) is 2.06. The van der Waals surface area contributed by atoms with Crippen LogP contribution in [0, 0.1) is 5.41 Å². The van der Waals surface area contributed by atoms with Crippen LogP contribution in [0.15, 0.2) is 0 Å². The maximum Gasteiger partial charge on any atom is 0.309 e. The molecule has 3 N–H and O–H groups in total. The van der Waals surface area contributed by atoms with Gasteiger partial charge in [-0.1, -0.05) is 0 Å². The molecule has 0 unspecified atom stereocenters. The normalized spacial score (nSPS) is 11.6. The summed E-state index contributed by atoms with van der Waals surface area (Å²) in [5.41, 5.74) is -0.618. The van der Waals surface area contributed by atoms with Crippen molar-refractivity contribution in [2.75, 3.05) is 26.7 Å². The quantitative estimate of drug-likeness (QED) is 0.503. The van der Waals surface area contributed by atoms with E-state index in [1.54, 1.807) is 13.8 Å². The maximum absolute atomic E-state index is 10.7. The molecule has 0 fully saturated rings. The summed E-state index contributed by atoms with van der Waals surface area (Å²) in [7, 11) is 1.89. The Bertz CT molecular complexity index is 158. The van der Waals surface area contributed by atoms with Crippen molar-refractivity contribution < 1.29 is 9.90 Å². The van der Waals surface area contributed by atoms with Crippen LogP contribution in [0.2, 0.25) is 0 Å². The zero-order chi connectivity index (χ0) is 10.3. The van der Waals surface area contributed by atoms with Gasteiger partial charge in [-0.2, -0.15) is 0 Å². The summed E-state index contributed by atoms with van der Waals surface area (Å²) in [6, 6.07) is 0. The number of carboxylic acid groups (broad SMARTS) is 1. The van der Waals surface area contributed by atoms with Crippen molar-refractivity contribution in [1.29, 1.82) is 0 Å². The minimum absolute atomic E-state index is 0.618. The highest BCUT2D eigenvalue weighted by Crippen LogP contribution is 2.18. The number of hydrogen-bond donors (Lipinski definition) is 3. The van der Waals surface area contributed by atoms with Gasteiger partial charge in [0.15, 0.2) is 0 Å². The fourth-order valence-corrected chi connectivity index (χ4v) is 0.846. The number of carbonyl (C=O) groups is 1. The molecule has 0 atom stereocenters. The number of rotatable bonds is 7. The molecule has 0 aliphatic rings. The summed E-state index contributed by atoms with van der Waals surface area (Å²) in [5.74, 6) is -0.733. The van der Waals surface area contributed by atoms with Gasteiger partial charge in [0.25, 0.3) is 0 Å². The Labute approximate surface area is 79.7 Å². The number of hydrogen-bond acceptors (Lipinski definition) is 3. The number of carboxylic acids is 1. The van der Waals surface area contributed by atoms with Crippen molar-refractivity contribution in [3.8, 4) is 0 Å². The van der Waals surface area contributed by atoms with E-state index < -0.39 is 11.4 Å². The number of aliphatic carboxylic acids is 1. The highest BCUT2D eigenvalue weighted by molar-refractivity contribution is 5.73. The number of nitrogens with one attached hydrogen (secondary N) is 2. The zero-order valence-electron chi connectivity index (χ0n) is 8.68. The first-order valence-corrected chi connectivity index (χ1v) is 4.59. The standard InChI is InChI=1S/C9H20N2O2/c1-9(2,8(12)13)4-5-11-7-6-10-3/h10-11H,4-7H2,1-3H3,(H,12,13). The second kappa shape index (κ2) is 5.94. The highest BCUT2D eigenvalue weighted by Gasteiger charge is 2.25. The molecule has 0 rings (SSSR count). The van der Waals surface area contributed by atoms with Crippen molar-refractivity contribution in [3.63, 3.8) is 0 Å². The first-order chi connectivity index (χ1) is 6.00. The lowest BCUT2D eigenvalue weighted by molar-refractivity contribution is -0.147. The molecule has 0 aliphatic carbocycles. The predicted molar refractivity (Wildman–Crippen MR) is 52.8 cm³/mol. The summed E-state index contributed by atoms with van der Waals surface area (Å²) in [5, 5.41) is 15.0. The van der Waals surface area contributed by atoms with Crippen molar-refractivity contribution in [2.24, 2.45) is 5.41 Å². The van der Waals surface area contributed by atoms with E-state index in [9.17, 15) is 4.79 Å². The SMILES string of the molecule is CNCCNCCC(C)(C)C(=O)O. The summed E-state index contributed by atoms with van der Waals surface area (Å²) in [4.78, 5) is 10.7. The van der Waals surface area contributed by atoms with E-state index in [2.05, 4.69) is 10.6 Å². The van der Waals surface area contributed by atoms with Crippen LogP contribution in [0.4, 0.5) is 0 Å². The Balaban J connectivity index is 3.46. The van der Waals surface area contributed by atoms with Crippen molar-refractivity contribution in [2.45, 2.75) is 20.3 Å². The highest BCUT2D eigenvalue weighted by atomic mass is 16.4. The molecule has 0 aromatic carbocycles. The van der Waals surface area contributed by atoms with Crippen LogP contribution in [0.3, 0.4) is 0 Å². The van der Waals surface area contributed by atoms with E-state index >= 15 is 0 Å². The second-order valence-electron chi connectivity index (χ2n) is 3.79. The van der Waals surface area contributed by atoms with Gasteiger partial charge in [0.05, 0.1) is 5.41 Å². The first-order valence-electron chi connectivity index (χ1n) is 4.59. The van der Waals surface area contributed by atoms with E-state index in [1.165, 1.54) is 0 Å². The maximum atomic E-state index is 10.7. The fraction of sp³-hybridized carbons (Fsp3) is 0.889. The second-order valence-corrected chi connectivity index (χ2v) is 3.79. The molecule has 13 heavy (non-hydrogen) atoms. The molecule has 0 radical (unpaired) electrons. The molecule has 0 spiro atoms. The van der Waals surface area contributed by atoms with Gasteiger partial charge in [-0.3, -0.25) is 4.79 Å². The molecular formula is C9H20N2O2. The average molecular weight is 188 g/mol. The third-order valence-corrected chi connectivity index (χ3v) is 2.06. The van der Waals surface area contributed by atoms with Gasteiger partial charge in [0, 0.05) is 13.1 Å². The Morgan fingerprint density at radius 3 is 2.38 bits per heavy atom. The topological polar surface area (TPSA) is 61.4 Å². The molecular weight excluding hydrogens is 168 g/mol. The van der Waals surface area contributed by atoms with E-state index in [-0.39, 0.29) is 0 Å². The van der Waals surface area contributed by atoms with E-state index in [4.69, 9.17) is 5.11 Å². The third kappa shape index (κ3) is 5.60. The lowest BCUT2D eigenvalue weighted by Gasteiger charge is -2.18. The van der Waals surface area contributed by atoms with Crippen molar-refractivity contribution in [1.82, 2.24) is 10.6 Å². The largest absolute Gasteiger partial charge is 0.481 e. The van der Waals surface area contributed by atoms with Gasteiger partial charge in [-0.05, 0) is 33.9 Å².